The Hall–Kier alpha value is -0.890. The number of thiophene rings is 1. The predicted molar refractivity (Wildman–Crippen MR) is 88.6 cm³/mol. The average Bonchev–Trinajstić information content (AvgIpc) is 2.90. The van der Waals surface area contributed by atoms with Gasteiger partial charge in [-0.1, -0.05) is 34.1 Å². The van der Waals surface area contributed by atoms with Gasteiger partial charge in [0.25, 0.3) is 0 Å². The third kappa shape index (κ3) is 2.50. The lowest BCUT2D eigenvalue weighted by atomic mass is 9.96. The molecule has 2 unspecified atom stereocenters. The molecule has 2 atom stereocenters. The maximum atomic E-state index is 12.7. The molecule has 3 rings (SSSR count). The summed E-state index contributed by atoms with van der Waals surface area (Å²) in [5, 5.41) is 10.4. The van der Waals surface area contributed by atoms with Crippen molar-refractivity contribution in [3.63, 3.8) is 0 Å². The minimum atomic E-state index is -3.60. The third-order valence-corrected chi connectivity index (χ3v) is 8.64. The van der Waals surface area contributed by atoms with E-state index in [9.17, 15) is 13.5 Å². The molecule has 0 bridgehead atoms. The van der Waals surface area contributed by atoms with Crippen LogP contribution in [0.4, 0.5) is 0 Å². The van der Waals surface area contributed by atoms with Crippen molar-refractivity contribution >= 4 is 37.1 Å². The number of alkyl halides is 1. The fraction of sp³-hybridized carbons (Fsp3) is 0.333. The zero-order valence-corrected chi connectivity index (χ0v) is 15.2. The Balaban J connectivity index is 2.09. The van der Waals surface area contributed by atoms with Crippen LogP contribution < -0.4 is 4.74 Å². The largest absolute Gasteiger partial charge is 0.485 e. The highest BCUT2D eigenvalue weighted by Gasteiger charge is 2.43. The van der Waals surface area contributed by atoms with Crippen LogP contribution in [0.25, 0.3) is 0 Å². The Morgan fingerprint density at radius 2 is 1.91 bits per heavy atom. The zero-order valence-electron chi connectivity index (χ0n) is 12.0. The molecule has 0 fully saturated rings. The van der Waals surface area contributed by atoms with Crippen molar-refractivity contribution in [2.45, 2.75) is 39.5 Å². The summed E-state index contributed by atoms with van der Waals surface area (Å²) in [6.07, 6.45) is -0.802. The number of sulfone groups is 1. The number of halogens is 1. The molecule has 1 aromatic carbocycles. The van der Waals surface area contributed by atoms with Crippen molar-refractivity contribution in [2.75, 3.05) is 0 Å². The van der Waals surface area contributed by atoms with E-state index in [0.29, 0.717) is 10.6 Å². The van der Waals surface area contributed by atoms with Crippen LogP contribution in [0.2, 0.25) is 0 Å². The lowest BCUT2D eigenvalue weighted by molar-refractivity contribution is 0.0255. The third-order valence-electron chi connectivity index (χ3n) is 3.60. The van der Waals surface area contributed by atoms with Crippen LogP contribution in [0.5, 0.6) is 5.75 Å². The Labute approximate surface area is 141 Å². The van der Waals surface area contributed by atoms with Crippen molar-refractivity contribution < 1.29 is 18.3 Å². The number of hydrogen-bond acceptors (Lipinski definition) is 5. The van der Waals surface area contributed by atoms with Crippen LogP contribution in [0.15, 0.2) is 45.5 Å². The summed E-state index contributed by atoms with van der Waals surface area (Å²) in [7, 11) is -3.60. The van der Waals surface area contributed by atoms with Crippen molar-refractivity contribution in [1.29, 1.82) is 0 Å². The number of aliphatic hydroxyl groups excluding tert-OH is 1. The molecule has 2 heterocycles. The smallest absolute Gasteiger partial charge is 0.216 e. The van der Waals surface area contributed by atoms with Crippen molar-refractivity contribution in [3.05, 3.63) is 41.3 Å². The number of ether oxygens (including phenoxy) is 1. The monoisotopic (exact) mass is 402 g/mol. The Bertz CT molecular complexity index is 796. The normalized spacial score (nSPS) is 23.6. The molecule has 1 aliphatic heterocycles. The van der Waals surface area contributed by atoms with E-state index in [1.165, 1.54) is 6.07 Å². The fourth-order valence-corrected chi connectivity index (χ4v) is 5.73. The molecule has 1 aromatic heterocycles. The highest BCUT2D eigenvalue weighted by Crippen LogP contribution is 2.48. The van der Waals surface area contributed by atoms with E-state index in [0.717, 1.165) is 11.3 Å². The van der Waals surface area contributed by atoms with Gasteiger partial charge in [-0.3, -0.25) is 0 Å². The molecule has 0 amide bonds. The molecule has 0 saturated heterocycles. The molecule has 4 nitrogen and oxygen atoms in total. The van der Waals surface area contributed by atoms with Gasteiger partial charge in [-0.15, -0.1) is 11.3 Å². The van der Waals surface area contributed by atoms with Crippen molar-refractivity contribution in [2.24, 2.45) is 0 Å². The number of rotatable bonds is 2. The molecule has 1 aliphatic rings. The first-order chi connectivity index (χ1) is 10.2. The molecule has 118 valence electrons. The first-order valence-electron chi connectivity index (χ1n) is 6.68. The first kappa shape index (κ1) is 16.0. The quantitative estimate of drug-likeness (QED) is 0.780. The predicted octanol–water partition coefficient (Wildman–Crippen LogP) is 3.55. The first-order valence-corrected chi connectivity index (χ1v) is 9.90. The number of aliphatic hydroxyl groups is 1. The van der Waals surface area contributed by atoms with Gasteiger partial charge in [-0.05, 0) is 26.0 Å². The van der Waals surface area contributed by atoms with Gasteiger partial charge in [-0.2, -0.15) is 0 Å². The van der Waals surface area contributed by atoms with Crippen LogP contribution >= 0.6 is 27.3 Å². The maximum Gasteiger partial charge on any atom is 0.216 e. The van der Waals surface area contributed by atoms with Crippen LogP contribution in [-0.2, 0) is 9.84 Å². The van der Waals surface area contributed by atoms with E-state index in [4.69, 9.17) is 4.74 Å². The van der Waals surface area contributed by atoms with E-state index >= 15 is 0 Å². The van der Waals surface area contributed by atoms with Crippen LogP contribution in [0.1, 0.15) is 24.8 Å². The summed E-state index contributed by atoms with van der Waals surface area (Å²) in [6, 6.07) is 9.76. The maximum absolute atomic E-state index is 12.7. The summed E-state index contributed by atoms with van der Waals surface area (Å²) in [4.78, 5) is 0.465. The highest BCUT2D eigenvalue weighted by atomic mass is 79.9. The van der Waals surface area contributed by atoms with Crippen LogP contribution in [-0.4, -0.2) is 24.0 Å². The van der Waals surface area contributed by atoms with Gasteiger partial charge in [0.05, 0.1) is 14.6 Å². The molecule has 7 heteroatoms. The topological polar surface area (TPSA) is 63.6 Å². The Morgan fingerprint density at radius 3 is 2.55 bits per heavy atom. The standard InChI is InChI=1S/C15H15BrO4S2/c1-15(2)14(16)12(17)13-10(20-15)8-11(21-13)22(18,19)9-6-4-3-5-7-9/h3-8,12,14,17H,1-2H3. The fourth-order valence-electron chi connectivity index (χ4n) is 2.35. The van der Waals surface area contributed by atoms with E-state index < -0.39 is 21.5 Å². The SMILES string of the molecule is CC1(C)Oc2cc(S(=O)(=O)c3ccccc3)sc2C(O)C1Br. The Kier molecular flexibility index (Phi) is 3.87. The molecule has 0 aliphatic carbocycles. The van der Waals surface area contributed by atoms with Gasteiger partial charge >= 0.3 is 0 Å². The summed E-state index contributed by atoms with van der Waals surface area (Å²) < 4.78 is 31.4. The molecule has 2 aromatic rings. The van der Waals surface area contributed by atoms with Gasteiger partial charge < -0.3 is 9.84 Å². The highest BCUT2D eigenvalue weighted by molar-refractivity contribution is 9.09. The lowest BCUT2D eigenvalue weighted by Gasteiger charge is -2.38. The van der Waals surface area contributed by atoms with Crippen LogP contribution in [0.3, 0.4) is 0 Å². The second kappa shape index (κ2) is 5.33. The Morgan fingerprint density at radius 1 is 1.27 bits per heavy atom. The number of hydrogen-bond donors (Lipinski definition) is 1. The summed E-state index contributed by atoms with van der Waals surface area (Å²) in [5.74, 6) is 0.438. The number of fused-ring (bicyclic) bond motifs is 1. The molecular formula is C15H15BrO4S2. The molecule has 0 spiro atoms. The summed E-state index contributed by atoms with van der Waals surface area (Å²) in [5.41, 5.74) is -0.624. The molecular weight excluding hydrogens is 388 g/mol. The molecule has 22 heavy (non-hydrogen) atoms. The van der Waals surface area contributed by atoms with E-state index in [1.54, 1.807) is 30.3 Å². The van der Waals surface area contributed by atoms with E-state index in [1.807, 2.05) is 13.8 Å². The van der Waals surface area contributed by atoms with Crippen molar-refractivity contribution in [1.82, 2.24) is 0 Å². The van der Waals surface area contributed by atoms with E-state index in [-0.39, 0.29) is 13.9 Å². The minimum Gasteiger partial charge on any atom is -0.485 e. The van der Waals surface area contributed by atoms with Gasteiger partial charge in [0.15, 0.2) is 0 Å². The van der Waals surface area contributed by atoms with Gasteiger partial charge in [0.1, 0.15) is 21.7 Å². The lowest BCUT2D eigenvalue weighted by Crippen LogP contribution is -2.44. The summed E-state index contributed by atoms with van der Waals surface area (Å²) >= 11 is 4.49. The molecule has 1 N–H and O–H groups in total. The second-order valence-corrected chi connectivity index (χ2v) is 9.91. The molecule has 0 saturated carbocycles. The van der Waals surface area contributed by atoms with Gasteiger partial charge in [0, 0.05) is 6.07 Å². The van der Waals surface area contributed by atoms with Gasteiger partial charge in [-0.25, -0.2) is 8.42 Å². The van der Waals surface area contributed by atoms with Crippen LogP contribution in [0, 0.1) is 0 Å². The van der Waals surface area contributed by atoms with E-state index in [2.05, 4.69) is 15.9 Å². The number of benzene rings is 1. The van der Waals surface area contributed by atoms with Gasteiger partial charge in [0.2, 0.25) is 9.84 Å². The second-order valence-electron chi connectivity index (χ2n) is 5.66. The summed E-state index contributed by atoms with van der Waals surface area (Å²) in [6.45, 7) is 3.70. The minimum absolute atomic E-state index is 0.181. The zero-order chi connectivity index (χ0) is 16.1. The average molecular weight is 403 g/mol. The van der Waals surface area contributed by atoms with Crippen molar-refractivity contribution in [3.8, 4) is 5.75 Å². The molecule has 0 radical (unpaired) electrons.